The molecule has 2 aromatic heterocycles. The average Bonchev–Trinajstić information content (AvgIpc) is 3.24. The van der Waals surface area contributed by atoms with Gasteiger partial charge in [0.2, 0.25) is 0 Å². The van der Waals surface area contributed by atoms with Gasteiger partial charge in [0.25, 0.3) is 11.5 Å². The molecule has 3 heterocycles. The van der Waals surface area contributed by atoms with E-state index in [4.69, 9.17) is 0 Å². The Morgan fingerprint density at radius 2 is 1.69 bits per heavy atom. The molecule has 0 saturated carbocycles. The number of aromatic nitrogens is 2. The van der Waals surface area contributed by atoms with Gasteiger partial charge in [-0.3, -0.25) is 9.59 Å². The molecule has 1 aliphatic heterocycles. The summed E-state index contributed by atoms with van der Waals surface area (Å²) >= 11 is 0. The molecule has 1 atom stereocenters. The van der Waals surface area contributed by atoms with Gasteiger partial charge < -0.3 is 14.0 Å². The van der Waals surface area contributed by atoms with Crippen LogP contribution in [0.1, 0.15) is 27.8 Å². The van der Waals surface area contributed by atoms with Gasteiger partial charge in [0.1, 0.15) is 5.69 Å². The van der Waals surface area contributed by atoms with E-state index in [9.17, 15) is 9.59 Å². The van der Waals surface area contributed by atoms with E-state index in [1.165, 1.54) is 4.57 Å². The first-order valence-corrected chi connectivity index (χ1v) is 9.75. The van der Waals surface area contributed by atoms with Crippen molar-refractivity contribution in [2.45, 2.75) is 12.6 Å². The number of amides is 1. The number of nitrogens with zero attached hydrogens (tertiary/aromatic N) is 3. The van der Waals surface area contributed by atoms with Crippen LogP contribution in [0.2, 0.25) is 0 Å². The maximum absolute atomic E-state index is 13.7. The summed E-state index contributed by atoms with van der Waals surface area (Å²) in [4.78, 5) is 28.4. The molecule has 2 aromatic carbocycles. The number of hydrogen-bond acceptors (Lipinski definition) is 2. The highest BCUT2D eigenvalue weighted by molar-refractivity contribution is 5.97. The monoisotopic (exact) mass is 383 g/mol. The number of hydrogen-bond donors (Lipinski definition) is 0. The van der Waals surface area contributed by atoms with Gasteiger partial charge in [-0.05, 0) is 35.2 Å². The van der Waals surface area contributed by atoms with Gasteiger partial charge in [-0.2, -0.15) is 0 Å². The van der Waals surface area contributed by atoms with Crippen molar-refractivity contribution in [1.29, 1.82) is 0 Å². The fourth-order valence-corrected chi connectivity index (χ4v) is 4.29. The van der Waals surface area contributed by atoms with Crippen LogP contribution in [0.25, 0.3) is 10.8 Å². The molecule has 1 aliphatic rings. The first kappa shape index (κ1) is 17.5. The smallest absolute Gasteiger partial charge is 0.271 e. The second-order valence-corrected chi connectivity index (χ2v) is 7.42. The number of pyridine rings is 1. The number of carbonyl (C=O) groups excluding carboxylic acids is 1. The van der Waals surface area contributed by atoms with Crippen molar-refractivity contribution in [3.05, 3.63) is 106 Å². The van der Waals surface area contributed by atoms with Crippen molar-refractivity contribution in [2.75, 3.05) is 6.54 Å². The summed E-state index contributed by atoms with van der Waals surface area (Å²) in [5, 5.41) is 1.41. The molecule has 1 amide bonds. The summed E-state index contributed by atoms with van der Waals surface area (Å²) in [6.45, 7) is 1.32. The largest absolute Gasteiger partial charge is 0.348 e. The van der Waals surface area contributed by atoms with Gasteiger partial charge in [-0.25, -0.2) is 0 Å². The molecule has 0 fully saturated rings. The third-order valence-electron chi connectivity index (χ3n) is 5.78. The van der Waals surface area contributed by atoms with E-state index >= 15 is 0 Å². The fourth-order valence-electron chi connectivity index (χ4n) is 4.29. The van der Waals surface area contributed by atoms with Crippen LogP contribution in [-0.2, 0) is 13.6 Å². The molecule has 1 unspecified atom stereocenters. The standard InChI is InChI=1S/C24H21N3O2/c1-25-21(16-18-10-5-6-11-19(18)23(25)28)24(29)27-15-14-26-13-7-12-20(26)22(27)17-8-3-2-4-9-17/h2-13,16,22H,14-15H2,1H3. The van der Waals surface area contributed by atoms with E-state index in [1.54, 1.807) is 13.1 Å². The van der Waals surface area contributed by atoms with Crippen molar-refractivity contribution in [1.82, 2.24) is 14.0 Å². The molecular weight excluding hydrogens is 362 g/mol. The summed E-state index contributed by atoms with van der Waals surface area (Å²) in [6, 6.07) is 23.2. The Morgan fingerprint density at radius 1 is 0.931 bits per heavy atom. The van der Waals surface area contributed by atoms with E-state index in [0.29, 0.717) is 17.6 Å². The molecule has 29 heavy (non-hydrogen) atoms. The van der Waals surface area contributed by atoms with Crippen molar-refractivity contribution >= 4 is 16.7 Å². The minimum absolute atomic E-state index is 0.128. The van der Waals surface area contributed by atoms with Crippen LogP contribution in [0.15, 0.2) is 83.8 Å². The predicted molar refractivity (Wildman–Crippen MR) is 113 cm³/mol. The van der Waals surface area contributed by atoms with Gasteiger partial charge in [-0.1, -0.05) is 48.5 Å². The number of rotatable bonds is 2. The fraction of sp³-hybridized carbons (Fsp3) is 0.167. The van der Waals surface area contributed by atoms with Gasteiger partial charge in [0, 0.05) is 37.4 Å². The first-order chi connectivity index (χ1) is 14.1. The molecule has 144 valence electrons. The molecule has 5 rings (SSSR count). The zero-order valence-corrected chi connectivity index (χ0v) is 16.2. The van der Waals surface area contributed by atoms with E-state index in [1.807, 2.05) is 65.6 Å². The molecule has 5 heteroatoms. The van der Waals surface area contributed by atoms with E-state index < -0.39 is 0 Å². The molecule has 4 aromatic rings. The zero-order chi connectivity index (χ0) is 20.0. The SMILES string of the molecule is Cn1c(C(=O)N2CCn3cccc3C2c2ccccc2)cc2ccccc2c1=O. The van der Waals surface area contributed by atoms with Crippen LogP contribution in [0.3, 0.4) is 0 Å². The van der Waals surface area contributed by atoms with Crippen molar-refractivity contribution in [3.8, 4) is 0 Å². The molecular formula is C24H21N3O2. The quantitative estimate of drug-likeness (QED) is 0.531. The van der Waals surface area contributed by atoms with Crippen LogP contribution in [0.4, 0.5) is 0 Å². The minimum Gasteiger partial charge on any atom is -0.348 e. The lowest BCUT2D eigenvalue weighted by Gasteiger charge is -2.37. The van der Waals surface area contributed by atoms with Crippen molar-refractivity contribution < 1.29 is 4.79 Å². The summed E-state index contributed by atoms with van der Waals surface area (Å²) in [5.41, 5.74) is 2.41. The highest BCUT2D eigenvalue weighted by Crippen LogP contribution is 2.33. The van der Waals surface area contributed by atoms with E-state index in [2.05, 4.69) is 16.8 Å². The summed E-state index contributed by atoms with van der Waals surface area (Å²) in [7, 11) is 1.67. The maximum atomic E-state index is 13.7. The Bertz CT molecular complexity index is 1270. The number of carbonyl (C=O) groups is 1. The van der Waals surface area contributed by atoms with Gasteiger partial charge >= 0.3 is 0 Å². The Kier molecular flexibility index (Phi) is 4.09. The highest BCUT2D eigenvalue weighted by Gasteiger charge is 2.33. The van der Waals surface area contributed by atoms with E-state index in [0.717, 1.165) is 23.2 Å². The molecule has 0 bridgehead atoms. The molecule has 5 nitrogen and oxygen atoms in total. The number of benzene rings is 2. The van der Waals surface area contributed by atoms with Crippen LogP contribution in [-0.4, -0.2) is 26.5 Å². The zero-order valence-electron chi connectivity index (χ0n) is 16.2. The second-order valence-electron chi connectivity index (χ2n) is 7.42. The molecule has 0 spiro atoms. The minimum atomic E-state index is -0.186. The first-order valence-electron chi connectivity index (χ1n) is 9.75. The average molecular weight is 383 g/mol. The van der Waals surface area contributed by atoms with E-state index in [-0.39, 0.29) is 17.5 Å². The van der Waals surface area contributed by atoms with Crippen molar-refractivity contribution in [3.63, 3.8) is 0 Å². The normalized spacial score (nSPS) is 16.0. The molecule has 0 aliphatic carbocycles. The molecule has 0 radical (unpaired) electrons. The van der Waals surface area contributed by atoms with Crippen LogP contribution < -0.4 is 5.56 Å². The van der Waals surface area contributed by atoms with Crippen LogP contribution >= 0.6 is 0 Å². The third kappa shape index (κ3) is 2.78. The van der Waals surface area contributed by atoms with Gasteiger partial charge in [0.05, 0.1) is 6.04 Å². The summed E-state index contributed by atoms with van der Waals surface area (Å²) in [5.74, 6) is -0.128. The van der Waals surface area contributed by atoms with Crippen LogP contribution in [0.5, 0.6) is 0 Å². The Morgan fingerprint density at radius 3 is 2.52 bits per heavy atom. The Hall–Kier alpha value is -3.60. The molecule has 0 N–H and O–H groups in total. The van der Waals surface area contributed by atoms with Crippen LogP contribution in [0, 0.1) is 0 Å². The lowest BCUT2D eigenvalue weighted by molar-refractivity contribution is 0.0653. The Labute approximate surface area is 168 Å². The summed E-state index contributed by atoms with van der Waals surface area (Å²) < 4.78 is 3.67. The van der Waals surface area contributed by atoms with Gasteiger partial charge in [0.15, 0.2) is 0 Å². The third-order valence-corrected chi connectivity index (χ3v) is 5.78. The summed E-state index contributed by atoms with van der Waals surface area (Å²) in [6.07, 6.45) is 2.05. The topological polar surface area (TPSA) is 47.2 Å². The van der Waals surface area contributed by atoms with Crippen molar-refractivity contribution in [2.24, 2.45) is 7.05 Å². The lowest BCUT2D eigenvalue weighted by atomic mass is 9.99. The van der Waals surface area contributed by atoms with Gasteiger partial charge in [-0.15, -0.1) is 0 Å². The molecule has 0 saturated heterocycles. The predicted octanol–water partition coefficient (Wildman–Crippen LogP) is 3.59. The highest BCUT2D eigenvalue weighted by atomic mass is 16.2. The lowest BCUT2D eigenvalue weighted by Crippen LogP contribution is -2.44. The Balaban J connectivity index is 1.65. The number of fused-ring (bicyclic) bond motifs is 2. The maximum Gasteiger partial charge on any atom is 0.271 e. The second kappa shape index (κ2) is 6.78.